The number of amides is 1. The van der Waals surface area contributed by atoms with Crippen LogP contribution in [0.25, 0.3) is 16.3 Å². The van der Waals surface area contributed by atoms with Gasteiger partial charge in [-0.05, 0) is 50.4 Å². The van der Waals surface area contributed by atoms with Crippen LogP contribution >= 0.6 is 11.6 Å². The van der Waals surface area contributed by atoms with Gasteiger partial charge in [-0.25, -0.2) is 9.97 Å². The first-order valence-electron chi connectivity index (χ1n) is 16.4. The summed E-state index contributed by atoms with van der Waals surface area (Å²) in [7, 11) is 2.13. The Morgan fingerprint density at radius 3 is 2.65 bits per heavy atom. The summed E-state index contributed by atoms with van der Waals surface area (Å²) in [6.07, 6.45) is 7.71. The number of nitrogens with zero attached hydrogens (tertiary/aromatic N) is 9. The number of nitriles is 1. The molecule has 2 fully saturated rings. The number of anilines is 2. The number of ether oxygens (including phenoxy) is 1. The third kappa shape index (κ3) is 6.25. The molecule has 4 aromatic rings. The van der Waals surface area contributed by atoms with Gasteiger partial charge in [0.1, 0.15) is 18.8 Å². The van der Waals surface area contributed by atoms with Crippen molar-refractivity contribution in [2.45, 2.75) is 44.3 Å². The average Bonchev–Trinajstić information content (AvgIpc) is 3.54. The van der Waals surface area contributed by atoms with Crippen LogP contribution in [0.15, 0.2) is 61.7 Å². The lowest BCUT2D eigenvalue weighted by atomic mass is 10.0. The minimum Gasteiger partial charge on any atom is -0.462 e. The molecule has 246 valence electrons. The van der Waals surface area contributed by atoms with E-state index in [-0.39, 0.29) is 18.4 Å². The maximum Gasteiger partial charge on any atom is 0.318 e. The smallest absolute Gasteiger partial charge is 0.318 e. The van der Waals surface area contributed by atoms with E-state index >= 15 is 0 Å². The van der Waals surface area contributed by atoms with Crippen LogP contribution in [-0.2, 0) is 17.8 Å². The van der Waals surface area contributed by atoms with Gasteiger partial charge in [0.05, 0.1) is 35.8 Å². The van der Waals surface area contributed by atoms with Crippen LogP contribution in [0.1, 0.15) is 36.1 Å². The Morgan fingerprint density at radius 1 is 1.06 bits per heavy atom. The molecule has 3 aliphatic rings. The Hall–Kier alpha value is -4.79. The van der Waals surface area contributed by atoms with Crippen molar-refractivity contribution in [1.29, 1.82) is 5.26 Å². The molecular formula is C36H38ClN9O2. The van der Waals surface area contributed by atoms with Crippen molar-refractivity contribution in [3.05, 3.63) is 83.5 Å². The van der Waals surface area contributed by atoms with Crippen molar-refractivity contribution >= 4 is 45.4 Å². The molecule has 1 amide bonds. The second kappa shape index (κ2) is 13.7. The van der Waals surface area contributed by atoms with Crippen LogP contribution in [-0.4, -0.2) is 94.1 Å². The minimum absolute atomic E-state index is 0.182. The number of hydrogen-bond acceptors (Lipinski definition) is 10. The first kappa shape index (κ1) is 31.8. The third-order valence-corrected chi connectivity index (χ3v) is 10.1. The van der Waals surface area contributed by atoms with Crippen molar-refractivity contribution in [2.75, 3.05) is 56.2 Å². The summed E-state index contributed by atoms with van der Waals surface area (Å²) in [5.41, 5.74) is 3.94. The van der Waals surface area contributed by atoms with Crippen LogP contribution in [0.3, 0.4) is 0 Å². The summed E-state index contributed by atoms with van der Waals surface area (Å²) < 4.78 is 6.33. The molecule has 11 nitrogen and oxygen atoms in total. The van der Waals surface area contributed by atoms with Gasteiger partial charge in [-0.15, -0.1) is 0 Å². The number of hydrogen-bond donors (Lipinski definition) is 0. The lowest BCUT2D eigenvalue weighted by Gasteiger charge is -2.42. The largest absolute Gasteiger partial charge is 0.462 e. The van der Waals surface area contributed by atoms with E-state index in [1.54, 1.807) is 17.3 Å². The average molecular weight is 664 g/mol. The van der Waals surface area contributed by atoms with E-state index in [4.69, 9.17) is 26.3 Å². The first-order chi connectivity index (χ1) is 23.4. The molecule has 2 aromatic carbocycles. The predicted molar refractivity (Wildman–Crippen MR) is 186 cm³/mol. The van der Waals surface area contributed by atoms with Gasteiger partial charge in [-0.3, -0.25) is 4.79 Å². The fraction of sp³-hybridized carbons (Fsp3) is 0.389. The maximum absolute atomic E-state index is 13.6. The van der Waals surface area contributed by atoms with Gasteiger partial charge >= 0.3 is 6.01 Å². The van der Waals surface area contributed by atoms with Crippen molar-refractivity contribution in [1.82, 2.24) is 29.7 Å². The highest BCUT2D eigenvalue weighted by Crippen LogP contribution is 2.37. The molecule has 7 rings (SSSR count). The van der Waals surface area contributed by atoms with E-state index in [1.165, 1.54) is 6.33 Å². The molecule has 0 saturated carbocycles. The highest BCUT2D eigenvalue weighted by Gasteiger charge is 2.35. The molecule has 2 atom stereocenters. The van der Waals surface area contributed by atoms with E-state index in [2.05, 4.69) is 68.6 Å². The topological polar surface area (TPSA) is 115 Å². The summed E-state index contributed by atoms with van der Waals surface area (Å²) in [5.74, 6) is 0.596. The van der Waals surface area contributed by atoms with Crippen molar-refractivity contribution < 1.29 is 9.53 Å². The fourth-order valence-corrected chi connectivity index (χ4v) is 7.45. The molecule has 0 N–H and O–H groups in total. The van der Waals surface area contributed by atoms with Crippen molar-refractivity contribution in [3.63, 3.8) is 0 Å². The molecule has 0 aliphatic carbocycles. The van der Waals surface area contributed by atoms with Crippen LogP contribution in [0, 0.1) is 11.3 Å². The quantitative estimate of drug-likeness (QED) is 0.245. The molecule has 0 unspecified atom stereocenters. The number of fused-ring (bicyclic) bond motifs is 2. The molecule has 48 heavy (non-hydrogen) atoms. The number of aromatic nitrogens is 4. The highest BCUT2D eigenvalue weighted by atomic mass is 35.5. The molecule has 0 radical (unpaired) electrons. The number of benzene rings is 2. The van der Waals surface area contributed by atoms with Gasteiger partial charge in [-0.2, -0.15) is 15.2 Å². The summed E-state index contributed by atoms with van der Waals surface area (Å²) in [4.78, 5) is 40.3. The third-order valence-electron chi connectivity index (χ3n) is 9.81. The number of piperazine rings is 1. The highest BCUT2D eigenvalue weighted by molar-refractivity contribution is 6.36. The lowest BCUT2D eigenvalue weighted by molar-refractivity contribution is -0.127. The Labute approximate surface area is 285 Å². The van der Waals surface area contributed by atoms with Crippen molar-refractivity contribution in [3.8, 4) is 12.1 Å². The summed E-state index contributed by atoms with van der Waals surface area (Å²) in [6, 6.07) is 14.9. The van der Waals surface area contributed by atoms with Crippen LogP contribution in [0.2, 0.25) is 5.02 Å². The number of likely N-dealkylation sites (N-methyl/N-ethyl adjacent to an activating group) is 1. The van der Waals surface area contributed by atoms with Crippen molar-refractivity contribution in [2.24, 2.45) is 0 Å². The monoisotopic (exact) mass is 663 g/mol. The molecule has 2 aromatic heterocycles. The predicted octanol–water partition coefficient (Wildman–Crippen LogP) is 4.75. The second-order valence-electron chi connectivity index (χ2n) is 12.7. The van der Waals surface area contributed by atoms with E-state index in [1.807, 2.05) is 12.1 Å². The molecule has 0 spiro atoms. The summed E-state index contributed by atoms with van der Waals surface area (Å²) in [5, 5.41) is 12.6. The van der Waals surface area contributed by atoms with E-state index < -0.39 is 0 Å². The molecule has 0 bridgehead atoms. The Morgan fingerprint density at radius 2 is 1.88 bits per heavy atom. The van der Waals surface area contributed by atoms with E-state index in [9.17, 15) is 10.1 Å². The number of likely N-dealkylation sites (tertiary alicyclic amines) is 1. The molecule has 5 heterocycles. The molecule has 12 heteroatoms. The van der Waals surface area contributed by atoms with Crippen LogP contribution in [0.5, 0.6) is 6.01 Å². The fourth-order valence-electron chi connectivity index (χ4n) is 7.17. The second-order valence-corrected chi connectivity index (χ2v) is 13.1. The number of halogens is 1. The van der Waals surface area contributed by atoms with Gasteiger partial charge in [0.2, 0.25) is 0 Å². The maximum atomic E-state index is 13.6. The van der Waals surface area contributed by atoms with Gasteiger partial charge < -0.3 is 24.3 Å². The Bertz CT molecular complexity index is 1880. The Balaban J connectivity index is 1.19. The molecule has 3 aliphatic heterocycles. The summed E-state index contributed by atoms with van der Waals surface area (Å²) in [6.45, 7) is 8.36. The van der Waals surface area contributed by atoms with E-state index in [0.717, 1.165) is 70.9 Å². The number of carbonyl (C=O) groups excluding carboxylic acids is 1. The van der Waals surface area contributed by atoms with Crippen LogP contribution in [0.4, 0.5) is 11.5 Å². The van der Waals surface area contributed by atoms with E-state index in [0.29, 0.717) is 56.0 Å². The standard InChI is InChI=1S/C36H38ClN9O2/c1-24(26-18-39-23-40-19-26)35(47)46-17-16-45(20-27(46)11-13-38)34-29-12-15-44(32-10-4-7-25-6-3-9-30(37)33(25)32)21-31(29)41-36(42-34)48-22-28-8-5-14-43(28)2/h3-4,6-7,9-10,18-19,23,27-28H,1,5,8,11-12,14-17,20-22H2,2H3/t27-,28-/m0/s1. The zero-order valence-electron chi connectivity index (χ0n) is 27.1. The molecular weight excluding hydrogens is 626 g/mol. The van der Waals surface area contributed by atoms with Crippen LogP contribution < -0.4 is 14.5 Å². The number of rotatable bonds is 8. The minimum atomic E-state index is -0.349. The molecule has 2 saturated heterocycles. The lowest BCUT2D eigenvalue weighted by Crippen LogP contribution is -2.56. The van der Waals surface area contributed by atoms with Gasteiger partial charge in [0.15, 0.2) is 0 Å². The zero-order chi connectivity index (χ0) is 33.2. The van der Waals surface area contributed by atoms with Gasteiger partial charge in [0.25, 0.3) is 5.91 Å². The zero-order valence-corrected chi connectivity index (χ0v) is 27.8. The van der Waals surface area contributed by atoms with Gasteiger partial charge in [-0.1, -0.05) is 42.4 Å². The first-order valence-corrected chi connectivity index (χ1v) is 16.8. The normalized spacial score (nSPS) is 19.6. The number of carbonyl (C=O) groups is 1. The Kier molecular flexibility index (Phi) is 9.11. The summed E-state index contributed by atoms with van der Waals surface area (Å²) >= 11 is 6.73. The van der Waals surface area contributed by atoms with Gasteiger partial charge in [0, 0.05) is 72.4 Å². The SMILES string of the molecule is C=C(C(=O)N1CCN(c2nc(OC[C@@H]3CCCN3C)nc3c2CCN(c2cccc4cccc(Cl)c24)C3)C[C@@H]1CC#N)c1cncnc1.